The zero-order chi connectivity index (χ0) is 14.4. The molecule has 3 atom stereocenters. The summed E-state index contributed by atoms with van der Waals surface area (Å²) in [7, 11) is 0. The lowest BCUT2D eigenvalue weighted by Gasteiger charge is -2.18. The lowest BCUT2D eigenvalue weighted by atomic mass is 10.00. The topological polar surface area (TPSA) is 56.3 Å². The molecule has 2 heterocycles. The van der Waals surface area contributed by atoms with Gasteiger partial charge in [0.15, 0.2) is 0 Å². The number of hydrogen-bond acceptors (Lipinski definition) is 2. The smallest absolute Gasteiger partial charge is 0.227 e. The fourth-order valence-electron chi connectivity index (χ4n) is 3.99. The molecule has 1 aliphatic heterocycles. The molecule has 4 heteroatoms. The highest BCUT2D eigenvalue weighted by Gasteiger charge is 2.43. The number of H-pyrrole nitrogens is 1. The second-order valence-electron chi connectivity index (χ2n) is 6.40. The van der Waals surface area contributed by atoms with Crippen molar-refractivity contribution in [2.24, 2.45) is 11.8 Å². The molecule has 1 aromatic heterocycles. The molecule has 21 heavy (non-hydrogen) atoms. The van der Waals surface area contributed by atoms with Crippen LogP contribution in [0, 0.1) is 11.8 Å². The van der Waals surface area contributed by atoms with Gasteiger partial charge in [-0.1, -0.05) is 18.2 Å². The van der Waals surface area contributed by atoms with Crippen LogP contribution in [0.5, 0.6) is 0 Å². The summed E-state index contributed by atoms with van der Waals surface area (Å²) in [6, 6.07) is 8.07. The summed E-state index contributed by atoms with van der Waals surface area (Å²) in [6.07, 6.45) is 4.14. The molecule has 0 bridgehead atoms. The fourth-order valence-corrected chi connectivity index (χ4v) is 3.99. The summed E-state index contributed by atoms with van der Waals surface area (Å²) in [5.74, 6) is 0.991. The van der Waals surface area contributed by atoms with E-state index >= 15 is 0 Å². The van der Waals surface area contributed by atoms with Gasteiger partial charge in [-0.15, -0.1) is 0 Å². The van der Waals surface area contributed by atoms with Gasteiger partial charge in [-0.25, -0.2) is 0 Å². The molecule has 1 saturated heterocycles. The van der Waals surface area contributed by atoms with E-state index in [1.165, 1.54) is 0 Å². The van der Waals surface area contributed by atoms with Crippen molar-refractivity contribution in [3.05, 3.63) is 36.0 Å². The van der Waals surface area contributed by atoms with Crippen LogP contribution >= 0.6 is 0 Å². The van der Waals surface area contributed by atoms with Crippen LogP contribution in [0.1, 0.15) is 18.4 Å². The third-order valence-corrected chi connectivity index (χ3v) is 5.19. The molecule has 1 aliphatic carbocycles. The Morgan fingerprint density at radius 2 is 2.14 bits per heavy atom. The Hall–Kier alpha value is -1.81. The minimum atomic E-state index is -0.208. The van der Waals surface area contributed by atoms with Gasteiger partial charge in [0, 0.05) is 36.1 Å². The van der Waals surface area contributed by atoms with Crippen LogP contribution in [0.3, 0.4) is 0 Å². The molecule has 110 valence electrons. The van der Waals surface area contributed by atoms with E-state index < -0.39 is 0 Å². The van der Waals surface area contributed by atoms with Crippen molar-refractivity contribution < 1.29 is 9.90 Å². The summed E-state index contributed by atoms with van der Waals surface area (Å²) in [5, 5.41) is 11.1. The number of aliphatic hydroxyl groups excluding tert-OH is 1. The van der Waals surface area contributed by atoms with Gasteiger partial charge in [-0.2, -0.15) is 0 Å². The number of nitrogens with zero attached hydrogens (tertiary/aromatic N) is 1. The first-order valence-corrected chi connectivity index (χ1v) is 7.73. The Morgan fingerprint density at radius 1 is 1.29 bits per heavy atom. The molecule has 3 unspecified atom stereocenters. The number of amides is 1. The second-order valence-corrected chi connectivity index (χ2v) is 6.40. The molecule has 2 N–H and O–H groups in total. The van der Waals surface area contributed by atoms with Crippen molar-refractivity contribution in [2.45, 2.75) is 25.4 Å². The van der Waals surface area contributed by atoms with E-state index in [1.54, 1.807) is 0 Å². The first-order chi connectivity index (χ1) is 10.2. The van der Waals surface area contributed by atoms with Gasteiger partial charge in [-0.05, 0) is 30.4 Å². The zero-order valence-corrected chi connectivity index (χ0v) is 12.0. The van der Waals surface area contributed by atoms with E-state index in [0.29, 0.717) is 18.3 Å². The highest BCUT2D eigenvalue weighted by atomic mass is 16.3. The monoisotopic (exact) mass is 284 g/mol. The number of aliphatic hydroxyl groups is 1. The Balaban J connectivity index is 1.49. The molecule has 1 aromatic carbocycles. The minimum absolute atomic E-state index is 0.182. The number of fused-ring (bicyclic) bond motifs is 2. The summed E-state index contributed by atoms with van der Waals surface area (Å²) < 4.78 is 0. The molecule has 2 aromatic rings. The zero-order valence-electron chi connectivity index (χ0n) is 12.0. The predicted molar refractivity (Wildman–Crippen MR) is 80.8 cm³/mol. The highest BCUT2D eigenvalue weighted by Crippen LogP contribution is 2.38. The third-order valence-electron chi connectivity index (χ3n) is 5.19. The Labute approximate surface area is 123 Å². The Morgan fingerprint density at radius 3 is 3.00 bits per heavy atom. The average Bonchev–Trinajstić information content (AvgIpc) is 3.16. The van der Waals surface area contributed by atoms with Gasteiger partial charge in [0.05, 0.1) is 12.5 Å². The summed E-state index contributed by atoms with van der Waals surface area (Å²) in [5.41, 5.74) is 2.14. The van der Waals surface area contributed by atoms with Crippen LogP contribution in [-0.2, 0) is 11.2 Å². The van der Waals surface area contributed by atoms with Crippen LogP contribution in [0.15, 0.2) is 30.5 Å². The number of rotatable bonds is 2. The molecule has 0 radical (unpaired) electrons. The van der Waals surface area contributed by atoms with Gasteiger partial charge in [0.2, 0.25) is 5.91 Å². The number of para-hydroxylation sites is 1. The van der Waals surface area contributed by atoms with E-state index in [1.807, 2.05) is 29.3 Å². The molecule has 2 aliphatic rings. The van der Waals surface area contributed by atoms with Crippen molar-refractivity contribution in [1.29, 1.82) is 0 Å². The second kappa shape index (κ2) is 4.88. The number of likely N-dealkylation sites (tertiary alicyclic amines) is 1. The maximum Gasteiger partial charge on any atom is 0.227 e. The lowest BCUT2D eigenvalue weighted by Crippen LogP contribution is -2.32. The molecule has 1 saturated carbocycles. The van der Waals surface area contributed by atoms with Gasteiger partial charge in [-0.3, -0.25) is 4.79 Å². The standard InChI is InChI=1S/C17H20N2O2/c20-16-6-5-11-9-19(10-14(11)16)17(21)7-12-8-18-15-4-2-1-3-13(12)15/h1-4,8,11,14,16,18,20H,5-7,9-10H2. The number of aromatic nitrogens is 1. The van der Waals surface area contributed by atoms with E-state index in [-0.39, 0.29) is 12.0 Å². The highest BCUT2D eigenvalue weighted by molar-refractivity contribution is 5.89. The van der Waals surface area contributed by atoms with E-state index in [0.717, 1.165) is 42.4 Å². The number of nitrogens with one attached hydrogen (secondary N) is 1. The van der Waals surface area contributed by atoms with Crippen LogP contribution in [0.25, 0.3) is 10.9 Å². The van der Waals surface area contributed by atoms with Crippen molar-refractivity contribution in [3.8, 4) is 0 Å². The maximum absolute atomic E-state index is 12.5. The first-order valence-electron chi connectivity index (χ1n) is 7.73. The molecule has 0 spiro atoms. The summed E-state index contributed by atoms with van der Waals surface area (Å²) >= 11 is 0. The van der Waals surface area contributed by atoms with Gasteiger partial charge in [0.1, 0.15) is 0 Å². The molecular weight excluding hydrogens is 264 g/mol. The van der Waals surface area contributed by atoms with Crippen LogP contribution in [0.2, 0.25) is 0 Å². The SMILES string of the molecule is O=C(Cc1c[nH]c2ccccc12)N1CC2CCC(O)C2C1. The first kappa shape index (κ1) is 12.9. The van der Waals surface area contributed by atoms with Crippen molar-refractivity contribution >= 4 is 16.8 Å². The van der Waals surface area contributed by atoms with Crippen molar-refractivity contribution in [2.75, 3.05) is 13.1 Å². The minimum Gasteiger partial charge on any atom is -0.393 e. The predicted octanol–water partition coefficient (Wildman–Crippen LogP) is 1.94. The number of carbonyl (C=O) groups excluding carboxylic acids is 1. The van der Waals surface area contributed by atoms with Crippen LogP contribution in [0.4, 0.5) is 0 Å². The van der Waals surface area contributed by atoms with Gasteiger partial charge >= 0.3 is 0 Å². The fraction of sp³-hybridized carbons (Fsp3) is 0.471. The number of carbonyl (C=O) groups is 1. The average molecular weight is 284 g/mol. The Kier molecular flexibility index (Phi) is 3.00. The third kappa shape index (κ3) is 2.14. The van der Waals surface area contributed by atoms with Crippen LogP contribution < -0.4 is 0 Å². The quantitative estimate of drug-likeness (QED) is 0.885. The van der Waals surface area contributed by atoms with Crippen molar-refractivity contribution in [3.63, 3.8) is 0 Å². The normalized spacial score (nSPS) is 28.2. The van der Waals surface area contributed by atoms with Crippen molar-refractivity contribution in [1.82, 2.24) is 9.88 Å². The Bertz CT molecular complexity index is 678. The molecule has 2 fully saturated rings. The summed E-state index contributed by atoms with van der Waals surface area (Å²) in [4.78, 5) is 17.7. The van der Waals surface area contributed by atoms with Crippen LogP contribution in [-0.4, -0.2) is 40.1 Å². The molecule has 4 rings (SSSR count). The number of hydrogen-bond donors (Lipinski definition) is 2. The molecular formula is C17H20N2O2. The molecule has 4 nitrogen and oxygen atoms in total. The van der Waals surface area contributed by atoms with E-state index in [9.17, 15) is 9.90 Å². The van der Waals surface area contributed by atoms with Gasteiger partial charge < -0.3 is 15.0 Å². The number of aromatic amines is 1. The number of benzene rings is 1. The van der Waals surface area contributed by atoms with E-state index in [4.69, 9.17) is 0 Å². The maximum atomic E-state index is 12.5. The van der Waals surface area contributed by atoms with Gasteiger partial charge in [0.25, 0.3) is 0 Å². The largest absolute Gasteiger partial charge is 0.393 e. The molecule has 1 amide bonds. The summed E-state index contributed by atoms with van der Waals surface area (Å²) in [6.45, 7) is 1.55. The van der Waals surface area contributed by atoms with E-state index in [2.05, 4.69) is 11.1 Å². The lowest BCUT2D eigenvalue weighted by molar-refractivity contribution is -0.129.